The van der Waals surface area contributed by atoms with Crippen molar-refractivity contribution in [2.24, 2.45) is 16.8 Å². The molecule has 1 aromatic heterocycles. The molecule has 2 fully saturated rings. The second kappa shape index (κ2) is 11.3. The molecule has 1 aromatic carbocycles. The first-order valence-electron chi connectivity index (χ1n) is 11.6. The Labute approximate surface area is 209 Å². The molecule has 1 N–H and O–H groups in total. The second-order valence-corrected chi connectivity index (χ2v) is 10.4. The van der Waals surface area contributed by atoms with Gasteiger partial charge in [0.05, 0.1) is 18.1 Å². The highest BCUT2D eigenvalue weighted by Gasteiger charge is 2.36. The van der Waals surface area contributed by atoms with Crippen LogP contribution in [0.5, 0.6) is 0 Å². The number of benzene rings is 1. The van der Waals surface area contributed by atoms with Crippen LogP contribution in [0.25, 0.3) is 0 Å². The molecule has 0 bridgehead atoms. The third-order valence-corrected chi connectivity index (χ3v) is 8.09. The van der Waals surface area contributed by atoms with Gasteiger partial charge in [-0.2, -0.15) is 0 Å². The van der Waals surface area contributed by atoms with E-state index in [1.165, 1.54) is 39.2 Å². The van der Waals surface area contributed by atoms with E-state index >= 15 is 0 Å². The quantitative estimate of drug-likeness (QED) is 0.409. The van der Waals surface area contributed by atoms with Crippen molar-refractivity contribution in [1.29, 1.82) is 5.41 Å². The first-order valence-corrected chi connectivity index (χ1v) is 13.3. The van der Waals surface area contributed by atoms with Gasteiger partial charge in [-0.05, 0) is 41.3 Å². The van der Waals surface area contributed by atoms with Crippen LogP contribution in [-0.2, 0) is 9.53 Å². The van der Waals surface area contributed by atoms with Crippen molar-refractivity contribution >= 4 is 51.2 Å². The summed E-state index contributed by atoms with van der Waals surface area (Å²) < 4.78 is 5.48. The molecular weight excluding hydrogens is 466 g/mol. The highest BCUT2D eigenvalue weighted by molar-refractivity contribution is 8.19. The SMILES string of the molecule is CCC(C)C(c1ccc(N2CCOCC2)cc1)C(C=NC)/C=C1\SC(=N)N(c2nccs2)C1=O. The van der Waals surface area contributed by atoms with Crippen LogP contribution in [-0.4, -0.2) is 55.6 Å². The van der Waals surface area contributed by atoms with E-state index in [0.717, 1.165) is 32.7 Å². The van der Waals surface area contributed by atoms with E-state index in [1.807, 2.05) is 17.7 Å². The molecule has 0 radical (unpaired) electrons. The Morgan fingerprint density at radius 2 is 2.00 bits per heavy atom. The van der Waals surface area contributed by atoms with Gasteiger partial charge < -0.3 is 14.6 Å². The van der Waals surface area contributed by atoms with Gasteiger partial charge >= 0.3 is 0 Å². The number of nitrogens with zero attached hydrogens (tertiary/aromatic N) is 4. The normalized spacial score (nSPS) is 21.0. The number of carbonyl (C=O) groups excluding carboxylic acids is 1. The first kappa shape index (κ1) is 24.6. The van der Waals surface area contributed by atoms with E-state index < -0.39 is 0 Å². The number of aromatic nitrogens is 1. The average molecular weight is 498 g/mol. The Hall–Kier alpha value is -2.49. The fourth-order valence-electron chi connectivity index (χ4n) is 4.50. The molecule has 34 heavy (non-hydrogen) atoms. The summed E-state index contributed by atoms with van der Waals surface area (Å²) in [5.41, 5.74) is 2.44. The molecule has 9 heteroatoms. The molecule has 2 aromatic rings. The number of amides is 1. The van der Waals surface area contributed by atoms with Crippen molar-refractivity contribution in [3.8, 4) is 0 Å². The molecular formula is C25H31N5O2S2. The molecule has 2 aliphatic rings. The van der Waals surface area contributed by atoms with E-state index in [4.69, 9.17) is 10.1 Å². The van der Waals surface area contributed by atoms with Crippen LogP contribution >= 0.6 is 23.1 Å². The molecule has 2 saturated heterocycles. The van der Waals surface area contributed by atoms with E-state index in [0.29, 0.717) is 16.0 Å². The summed E-state index contributed by atoms with van der Waals surface area (Å²) >= 11 is 2.55. The maximum Gasteiger partial charge on any atom is 0.272 e. The number of allylic oxidation sites excluding steroid dienone is 1. The number of aliphatic imine (C=N–C) groups is 1. The largest absolute Gasteiger partial charge is 0.378 e. The van der Waals surface area contributed by atoms with Crippen molar-refractivity contribution in [3.05, 3.63) is 52.4 Å². The number of amidine groups is 1. The van der Waals surface area contributed by atoms with Gasteiger partial charge in [0.2, 0.25) is 0 Å². The van der Waals surface area contributed by atoms with Gasteiger partial charge in [0, 0.05) is 49.5 Å². The Morgan fingerprint density at radius 3 is 2.62 bits per heavy atom. The lowest BCUT2D eigenvalue weighted by molar-refractivity contribution is -0.113. The number of anilines is 2. The van der Waals surface area contributed by atoms with Crippen molar-refractivity contribution in [1.82, 2.24) is 4.98 Å². The lowest BCUT2D eigenvalue weighted by atomic mass is 9.76. The van der Waals surface area contributed by atoms with E-state index in [9.17, 15) is 4.79 Å². The Bertz CT molecular complexity index is 1050. The van der Waals surface area contributed by atoms with Crippen LogP contribution < -0.4 is 9.80 Å². The fourth-order valence-corrected chi connectivity index (χ4v) is 6.08. The number of carbonyl (C=O) groups is 1. The summed E-state index contributed by atoms with van der Waals surface area (Å²) in [4.78, 5) is 26.1. The summed E-state index contributed by atoms with van der Waals surface area (Å²) in [5.74, 6) is 0.288. The average Bonchev–Trinajstić information content (AvgIpc) is 3.47. The zero-order valence-electron chi connectivity index (χ0n) is 19.8. The maximum absolute atomic E-state index is 13.2. The van der Waals surface area contributed by atoms with Crippen LogP contribution in [0.2, 0.25) is 0 Å². The molecule has 1 amide bonds. The number of nitrogens with one attached hydrogen (secondary N) is 1. The van der Waals surface area contributed by atoms with Gasteiger partial charge in [-0.3, -0.25) is 10.2 Å². The first-order chi connectivity index (χ1) is 16.5. The smallest absolute Gasteiger partial charge is 0.272 e. The van der Waals surface area contributed by atoms with Gasteiger partial charge in [-0.1, -0.05) is 38.5 Å². The zero-order valence-corrected chi connectivity index (χ0v) is 21.4. The van der Waals surface area contributed by atoms with Gasteiger partial charge in [-0.25, -0.2) is 9.88 Å². The molecule has 0 saturated carbocycles. The van der Waals surface area contributed by atoms with Crippen LogP contribution in [0.1, 0.15) is 31.7 Å². The van der Waals surface area contributed by atoms with Gasteiger partial charge in [-0.15, -0.1) is 11.3 Å². The van der Waals surface area contributed by atoms with Crippen LogP contribution in [0.4, 0.5) is 10.8 Å². The standard InChI is InChI=1S/C25H31N5O2S2/c1-4-17(2)22(18-5-7-20(8-6-18)29-10-12-32-13-11-29)19(16-27-3)15-21-23(31)30(24(26)34-21)25-28-9-14-33-25/h5-9,14-17,19,22,26H,4,10-13H2,1-3H3/b21-15-,26-24?,27-16?. The van der Waals surface area contributed by atoms with Crippen LogP contribution in [0.3, 0.4) is 0 Å². The summed E-state index contributed by atoms with van der Waals surface area (Å²) in [6.07, 6.45) is 6.59. The highest BCUT2D eigenvalue weighted by Crippen LogP contribution is 2.40. The Kier molecular flexibility index (Phi) is 8.18. The minimum atomic E-state index is -0.190. The molecule has 0 spiro atoms. The molecule has 2 aliphatic heterocycles. The number of thiazole rings is 1. The van der Waals surface area contributed by atoms with Crippen LogP contribution in [0, 0.1) is 17.2 Å². The van der Waals surface area contributed by atoms with E-state index in [2.05, 4.69) is 53.0 Å². The van der Waals surface area contributed by atoms with Gasteiger partial charge in [0.25, 0.3) is 5.91 Å². The monoisotopic (exact) mass is 497 g/mol. The maximum atomic E-state index is 13.2. The molecule has 0 aliphatic carbocycles. The molecule has 180 valence electrons. The summed E-state index contributed by atoms with van der Waals surface area (Å²) in [6.45, 7) is 7.79. The predicted octanol–water partition coefficient (Wildman–Crippen LogP) is 5.02. The third kappa shape index (κ3) is 5.26. The topological polar surface area (TPSA) is 81.9 Å². The predicted molar refractivity (Wildman–Crippen MR) is 143 cm³/mol. The number of morpholine rings is 1. The van der Waals surface area contributed by atoms with Crippen molar-refractivity contribution < 1.29 is 9.53 Å². The minimum absolute atomic E-state index is 0.0651. The molecule has 3 unspecified atom stereocenters. The summed E-state index contributed by atoms with van der Waals surface area (Å²) in [5, 5.41) is 10.9. The Balaban J connectivity index is 1.63. The lowest BCUT2D eigenvalue weighted by Crippen LogP contribution is -2.36. The van der Waals surface area contributed by atoms with Crippen molar-refractivity contribution in [2.45, 2.75) is 26.2 Å². The lowest BCUT2D eigenvalue weighted by Gasteiger charge is -2.31. The third-order valence-electron chi connectivity index (χ3n) is 6.43. The van der Waals surface area contributed by atoms with Crippen molar-refractivity contribution in [2.75, 3.05) is 43.2 Å². The van der Waals surface area contributed by atoms with Gasteiger partial charge in [0.1, 0.15) is 0 Å². The number of hydrogen-bond donors (Lipinski definition) is 1. The minimum Gasteiger partial charge on any atom is -0.378 e. The summed E-state index contributed by atoms with van der Waals surface area (Å²) in [7, 11) is 1.77. The second-order valence-electron chi connectivity index (χ2n) is 8.48. The summed E-state index contributed by atoms with van der Waals surface area (Å²) in [6, 6.07) is 8.81. The number of ether oxygens (including phenoxy) is 1. The van der Waals surface area contributed by atoms with Crippen molar-refractivity contribution in [3.63, 3.8) is 0 Å². The van der Waals surface area contributed by atoms with Gasteiger partial charge in [0.15, 0.2) is 10.3 Å². The fraction of sp³-hybridized carbons (Fsp3) is 0.440. The number of rotatable bonds is 8. The van der Waals surface area contributed by atoms with E-state index in [-0.39, 0.29) is 22.9 Å². The zero-order chi connectivity index (χ0) is 24.1. The van der Waals surface area contributed by atoms with Crippen LogP contribution in [0.15, 0.2) is 51.8 Å². The number of thioether (sulfide) groups is 1. The Morgan fingerprint density at radius 1 is 1.26 bits per heavy atom. The number of hydrogen-bond acceptors (Lipinski definition) is 8. The van der Waals surface area contributed by atoms with E-state index in [1.54, 1.807) is 13.2 Å². The molecule has 7 nitrogen and oxygen atoms in total. The molecule has 3 atom stereocenters. The highest BCUT2D eigenvalue weighted by atomic mass is 32.2. The molecule has 4 rings (SSSR count). The molecule has 3 heterocycles.